The summed E-state index contributed by atoms with van der Waals surface area (Å²) in [5.74, 6) is 0.621. The van der Waals surface area contributed by atoms with Crippen molar-refractivity contribution in [2.75, 3.05) is 26.2 Å². The van der Waals surface area contributed by atoms with E-state index in [1.807, 2.05) is 4.90 Å². The zero-order chi connectivity index (χ0) is 14.1. The average molecular weight is 279 g/mol. The monoisotopic (exact) mass is 279 g/mol. The molecular weight excluding hydrogens is 258 g/mol. The number of carbonyl (C=O) groups is 1. The second-order valence-corrected chi connectivity index (χ2v) is 5.78. The van der Waals surface area contributed by atoms with Gasteiger partial charge in [-0.2, -0.15) is 0 Å². The van der Waals surface area contributed by atoms with E-state index in [2.05, 4.69) is 10.1 Å². The maximum absolute atomic E-state index is 12.2. The zero-order valence-corrected chi connectivity index (χ0v) is 11.8. The van der Waals surface area contributed by atoms with Crippen LogP contribution in [-0.2, 0) is 0 Å². The third kappa shape index (κ3) is 2.71. The minimum atomic E-state index is -0.173. The first-order chi connectivity index (χ1) is 9.63. The Kier molecular flexibility index (Phi) is 3.76. The smallest absolute Gasteiger partial charge is 0.276 e. The third-order valence-corrected chi connectivity index (χ3v) is 4.31. The molecular formula is C14H21N3O3. The average Bonchev–Trinajstić information content (AvgIpc) is 3.07. The SMILES string of the molecule is Cc1cc(C(=O)N2CCC(N3CC[C@H](O)C3)CC2)no1. The molecule has 1 N–H and O–H groups in total. The summed E-state index contributed by atoms with van der Waals surface area (Å²) in [6.45, 7) is 5.04. The number of carbonyl (C=O) groups excluding carboxylic acids is 1. The Morgan fingerprint density at radius 3 is 2.65 bits per heavy atom. The van der Waals surface area contributed by atoms with Crippen LogP contribution < -0.4 is 0 Å². The summed E-state index contributed by atoms with van der Waals surface area (Å²) < 4.78 is 4.96. The van der Waals surface area contributed by atoms with E-state index in [1.165, 1.54) is 0 Å². The molecule has 6 heteroatoms. The van der Waals surface area contributed by atoms with Crippen LogP contribution in [0, 0.1) is 6.92 Å². The predicted molar refractivity (Wildman–Crippen MR) is 72.4 cm³/mol. The van der Waals surface area contributed by atoms with Gasteiger partial charge < -0.3 is 14.5 Å². The summed E-state index contributed by atoms with van der Waals surface area (Å²) in [4.78, 5) is 16.4. The van der Waals surface area contributed by atoms with Crippen molar-refractivity contribution in [3.05, 3.63) is 17.5 Å². The normalized spacial score (nSPS) is 25.3. The number of aromatic nitrogens is 1. The molecule has 2 fully saturated rings. The van der Waals surface area contributed by atoms with Crippen molar-refractivity contribution in [1.29, 1.82) is 0 Å². The lowest BCUT2D eigenvalue weighted by molar-refractivity contribution is 0.0618. The van der Waals surface area contributed by atoms with Crippen LogP contribution in [0.2, 0.25) is 0 Å². The summed E-state index contributed by atoms with van der Waals surface area (Å²) in [5.41, 5.74) is 0.401. The van der Waals surface area contributed by atoms with Gasteiger partial charge in [-0.05, 0) is 26.2 Å². The second kappa shape index (κ2) is 5.54. The molecule has 1 aromatic heterocycles. The minimum Gasteiger partial charge on any atom is -0.392 e. The Labute approximate surface area is 118 Å². The molecule has 110 valence electrons. The number of aliphatic hydroxyl groups excluding tert-OH is 1. The van der Waals surface area contributed by atoms with Gasteiger partial charge in [0.2, 0.25) is 0 Å². The molecule has 0 aliphatic carbocycles. The van der Waals surface area contributed by atoms with Gasteiger partial charge >= 0.3 is 0 Å². The highest BCUT2D eigenvalue weighted by Crippen LogP contribution is 2.22. The zero-order valence-electron chi connectivity index (χ0n) is 11.8. The lowest BCUT2D eigenvalue weighted by atomic mass is 10.0. The molecule has 1 amide bonds. The predicted octanol–water partition coefficient (Wildman–Crippen LogP) is 0.654. The van der Waals surface area contributed by atoms with Gasteiger partial charge in [0.1, 0.15) is 5.76 Å². The standard InChI is InChI=1S/C14H21N3O3/c1-10-8-13(15-20-10)14(19)16-5-2-11(3-6-16)17-7-4-12(18)9-17/h8,11-12,18H,2-7,9H2,1H3/t12-/m0/s1. The van der Waals surface area contributed by atoms with Crippen LogP contribution in [-0.4, -0.2) is 64.3 Å². The molecule has 6 nitrogen and oxygen atoms in total. The van der Waals surface area contributed by atoms with Crippen molar-refractivity contribution in [3.63, 3.8) is 0 Å². The molecule has 3 heterocycles. The van der Waals surface area contributed by atoms with Crippen LogP contribution in [0.1, 0.15) is 35.5 Å². The number of rotatable bonds is 2. The van der Waals surface area contributed by atoms with E-state index in [0.29, 0.717) is 17.5 Å². The lowest BCUT2D eigenvalue weighted by Gasteiger charge is -2.36. The molecule has 0 radical (unpaired) electrons. The Bertz CT molecular complexity index is 480. The van der Waals surface area contributed by atoms with Crippen molar-refractivity contribution in [1.82, 2.24) is 15.0 Å². The molecule has 2 aliphatic heterocycles. The first-order valence-electron chi connectivity index (χ1n) is 7.28. The van der Waals surface area contributed by atoms with Gasteiger partial charge in [0, 0.05) is 38.3 Å². The van der Waals surface area contributed by atoms with Crippen molar-refractivity contribution in [2.24, 2.45) is 0 Å². The Morgan fingerprint density at radius 1 is 1.35 bits per heavy atom. The summed E-state index contributed by atoms with van der Waals surface area (Å²) in [5, 5.41) is 13.4. The van der Waals surface area contributed by atoms with Gasteiger partial charge in [-0.3, -0.25) is 9.69 Å². The van der Waals surface area contributed by atoms with E-state index in [4.69, 9.17) is 4.52 Å². The Morgan fingerprint density at radius 2 is 2.10 bits per heavy atom. The first-order valence-corrected chi connectivity index (χ1v) is 7.28. The molecule has 0 spiro atoms. The highest BCUT2D eigenvalue weighted by molar-refractivity contribution is 5.92. The van der Waals surface area contributed by atoms with E-state index in [-0.39, 0.29) is 12.0 Å². The van der Waals surface area contributed by atoms with Crippen LogP contribution in [0.25, 0.3) is 0 Å². The highest BCUT2D eigenvalue weighted by atomic mass is 16.5. The van der Waals surface area contributed by atoms with Crippen LogP contribution in [0.15, 0.2) is 10.6 Å². The highest BCUT2D eigenvalue weighted by Gasteiger charge is 2.31. The van der Waals surface area contributed by atoms with E-state index in [9.17, 15) is 9.90 Å². The fourth-order valence-electron chi connectivity index (χ4n) is 3.16. The number of nitrogens with zero attached hydrogens (tertiary/aromatic N) is 3. The van der Waals surface area contributed by atoms with Crippen molar-refractivity contribution < 1.29 is 14.4 Å². The van der Waals surface area contributed by atoms with Crippen LogP contribution in [0.5, 0.6) is 0 Å². The van der Waals surface area contributed by atoms with Crippen molar-refractivity contribution in [2.45, 2.75) is 38.3 Å². The largest absolute Gasteiger partial charge is 0.392 e. The summed E-state index contributed by atoms with van der Waals surface area (Å²) >= 11 is 0. The first kappa shape index (κ1) is 13.6. The molecule has 0 saturated carbocycles. The molecule has 2 aliphatic rings. The number of hydrogen-bond donors (Lipinski definition) is 1. The topological polar surface area (TPSA) is 69.8 Å². The molecule has 0 aromatic carbocycles. The summed E-state index contributed by atoms with van der Waals surface area (Å²) in [7, 11) is 0. The number of hydrogen-bond acceptors (Lipinski definition) is 5. The number of piperidine rings is 1. The minimum absolute atomic E-state index is 0.0400. The van der Waals surface area contributed by atoms with Crippen LogP contribution in [0.3, 0.4) is 0 Å². The van der Waals surface area contributed by atoms with Gasteiger partial charge in [-0.25, -0.2) is 0 Å². The Balaban J connectivity index is 1.54. The molecule has 0 bridgehead atoms. The second-order valence-electron chi connectivity index (χ2n) is 5.78. The molecule has 0 unspecified atom stereocenters. The molecule has 1 atom stereocenters. The lowest BCUT2D eigenvalue weighted by Crippen LogP contribution is -2.46. The van der Waals surface area contributed by atoms with Gasteiger partial charge in [-0.1, -0.05) is 5.16 Å². The van der Waals surface area contributed by atoms with Crippen molar-refractivity contribution in [3.8, 4) is 0 Å². The van der Waals surface area contributed by atoms with E-state index >= 15 is 0 Å². The van der Waals surface area contributed by atoms with Gasteiger partial charge in [-0.15, -0.1) is 0 Å². The van der Waals surface area contributed by atoms with Gasteiger partial charge in [0.25, 0.3) is 5.91 Å². The Hall–Kier alpha value is -1.40. The molecule has 2 saturated heterocycles. The number of β-amino-alcohol motifs (C(OH)–C–C–N with tert-alkyl or cyclic N) is 1. The number of likely N-dealkylation sites (tertiary alicyclic amines) is 2. The van der Waals surface area contributed by atoms with E-state index in [0.717, 1.165) is 45.4 Å². The molecule has 20 heavy (non-hydrogen) atoms. The van der Waals surface area contributed by atoms with Gasteiger partial charge in [0.15, 0.2) is 5.69 Å². The molecule has 1 aromatic rings. The fourth-order valence-corrected chi connectivity index (χ4v) is 3.16. The maximum atomic E-state index is 12.2. The van der Waals surface area contributed by atoms with Crippen molar-refractivity contribution >= 4 is 5.91 Å². The number of amides is 1. The van der Waals surface area contributed by atoms with E-state index < -0.39 is 0 Å². The van der Waals surface area contributed by atoms with Crippen LogP contribution >= 0.6 is 0 Å². The summed E-state index contributed by atoms with van der Waals surface area (Å²) in [6, 6.07) is 2.18. The maximum Gasteiger partial charge on any atom is 0.276 e. The van der Waals surface area contributed by atoms with Crippen LogP contribution in [0.4, 0.5) is 0 Å². The third-order valence-electron chi connectivity index (χ3n) is 4.31. The quantitative estimate of drug-likeness (QED) is 0.861. The van der Waals surface area contributed by atoms with E-state index in [1.54, 1.807) is 13.0 Å². The number of aryl methyl sites for hydroxylation is 1. The van der Waals surface area contributed by atoms with Gasteiger partial charge in [0.05, 0.1) is 6.10 Å². The summed E-state index contributed by atoms with van der Waals surface area (Å²) in [6.07, 6.45) is 2.63. The fraction of sp³-hybridized carbons (Fsp3) is 0.714. The molecule has 3 rings (SSSR count). The number of aliphatic hydroxyl groups is 1.